The Kier molecular flexibility index (Phi) is 6.11. The second-order valence-electron chi connectivity index (χ2n) is 6.51. The summed E-state index contributed by atoms with van der Waals surface area (Å²) in [4.78, 5) is 2.55. The van der Waals surface area contributed by atoms with Crippen molar-refractivity contribution in [2.45, 2.75) is 58.9 Å². The van der Waals surface area contributed by atoms with Crippen LogP contribution in [0.15, 0.2) is 0 Å². The Labute approximate surface area is 112 Å². The fourth-order valence-electron chi connectivity index (χ4n) is 2.78. The first-order chi connectivity index (χ1) is 8.48. The summed E-state index contributed by atoms with van der Waals surface area (Å²) in [5, 5.41) is 8.97. The molecule has 1 fully saturated rings. The van der Waals surface area contributed by atoms with Crippen LogP contribution in [0.2, 0.25) is 0 Å². The average Bonchev–Trinajstić information content (AvgIpc) is 2.36. The zero-order valence-electron chi connectivity index (χ0n) is 12.3. The van der Waals surface area contributed by atoms with Crippen molar-refractivity contribution in [2.75, 3.05) is 19.6 Å². The molecule has 1 heterocycles. The normalized spacial score (nSPS) is 25.9. The molecule has 1 aliphatic heterocycles. The Balaban J connectivity index is 2.24. The lowest BCUT2D eigenvalue weighted by molar-refractivity contribution is 0.119. The molecule has 1 rings (SSSR count). The molecule has 0 aromatic heterocycles. The van der Waals surface area contributed by atoms with Crippen molar-refractivity contribution in [1.29, 1.82) is 5.26 Å². The molecule has 0 aromatic rings. The van der Waals surface area contributed by atoms with Crippen LogP contribution in [-0.4, -0.2) is 30.6 Å². The first-order valence-electron chi connectivity index (χ1n) is 7.34. The van der Waals surface area contributed by atoms with Crippen LogP contribution in [0.3, 0.4) is 0 Å². The topological polar surface area (TPSA) is 53.0 Å². The summed E-state index contributed by atoms with van der Waals surface area (Å²) in [6, 6.07) is 2.95. The molecular formula is C15H29N3. The van der Waals surface area contributed by atoms with E-state index >= 15 is 0 Å². The quantitative estimate of drug-likeness (QED) is 0.739. The maximum atomic E-state index is 8.97. The maximum absolute atomic E-state index is 8.97. The van der Waals surface area contributed by atoms with E-state index in [0.717, 1.165) is 31.8 Å². The standard InChI is InChI=1S/C15H29N3/c1-13-6-9-18(14(10-13)11-16)8-5-4-7-15(2,3)12-17/h13-14H,4-11,16H2,1-3H3. The van der Waals surface area contributed by atoms with Gasteiger partial charge < -0.3 is 5.73 Å². The SMILES string of the molecule is CC1CCN(CCCCC(C)(C)C#N)C(CN)C1. The predicted molar refractivity (Wildman–Crippen MR) is 76.1 cm³/mol. The van der Waals surface area contributed by atoms with Gasteiger partial charge in [0.25, 0.3) is 0 Å². The van der Waals surface area contributed by atoms with Crippen LogP contribution < -0.4 is 5.73 Å². The molecule has 3 nitrogen and oxygen atoms in total. The summed E-state index contributed by atoms with van der Waals surface area (Å²) in [5.41, 5.74) is 5.70. The zero-order chi connectivity index (χ0) is 13.6. The van der Waals surface area contributed by atoms with Gasteiger partial charge in [0.15, 0.2) is 0 Å². The molecule has 2 N–H and O–H groups in total. The van der Waals surface area contributed by atoms with Crippen molar-refractivity contribution in [1.82, 2.24) is 4.90 Å². The third kappa shape index (κ3) is 4.96. The van der Waals surface area contributed by atoms with Crippen LogP contribution >= 0.6 is 0 Å². The molecule has 2 unspecified atom stereocenters. The Morgan fingerprint density at radius 2 is 2.11 bits per heavy atom. The lowest BCUT2D eigenvalue weighted by Crippen LogP contribution is -2.46. The molecule has 0 aromatic carbocycles. The van der Waals surface area contributed by atoms with Gasteiger partial charge in [-0.05, 0) is 58.5 Å². The molecule has 0 amide bonds. The van der Waals surface area contributed by atoms with Gasteiger partial charge in [0.05, 0.1) is 11.5 Å². The van der Waals surface area contributed by atoms with E-state index in [2.05, 4.69) is 17.9 Å². The number of nitrogens with two attached hydrogens (primary N) is 1. The molecule has 0 saturated carbocycles. The highest BCUT2D eigenvalue weighted by Gasteiger charge is 2.24. The summed E-state index contributed by atoms with van der Waals surface area (Å²) in [7, 11) is 0. The molecule has 0 radical (unpaired) electrons. The third-order valence-electron chi connectivity index (χ3n) is 4.17. The van der Waals surface area contributed by atoms with Gasteiger partial charge in [-0.25, -0.2) is 0 Å². The van der Waals surface area contributed by atoms with Crippen molar-refractivity contribution in [3.05, 3.63) is 0 Å². The van der Waals surface area contributed by atoms with Gasteiger partial charge in [-0.15, -0.1) is 0 Å². The highest BCUT2D eigenvalue weighted by Crippen LogP contribution is 2.24. The van der Waals surface area contributed by atoms with E-state index in [1.54, 1.807) is 0 Å². The Bertz CT molecular complexity index is 280. The van der Waals surface area contributed by atoms with E-state index in [1.165, 1.54) is 25.8 Å². The van der Waals surface area contributed by atoms with E-state index in [0.29, 0.717) is 6.04 Å². The van der Waals surface area contributed by atoms with E-state index in [1.807, 2.05) is 13.8 Å². The molecular weight excluding hydrogens is 222 g/mol. The first kappa shape index (κ1) is 15.5. The average molecular weight is 251 g/mol. The smallest absolute Gasteiger partial charge is 0.0683 e. The molecule has 1 aliphatic rings. The summed E-state index contributed by atoms with van der Waals surface area (Å²) < 4.78 is 0. The Morgan fingerprint density at radius 1 is 1.39 bits per heavy atom. The highest BCUT2D eigenvalue weighted by molar-refractivity contribution is 4.91. The van der Waals surface area contributed by atoms with Crippen molar-refractivity contribution < 1.29 is 0 Å². The van der Waals surface area contributed by atoms with Gasteiger partial charge in [0.2, 0.25) is 0 Å². The zero-order valence-corrected chi connectivity index (χ0v) is 12.3. The number of hydrogen-bond acceptors (Lipinski definition) is 3. The second kappa shape index (κ2) is 7.11. The van der Waals surface area contributed by atoms with Crippen LogP contribution in [0.1, 0.15) is 52.9 Å². The van der Waals surface area contributed by atoms with Crippen LogP contribution in [0, 0.1) is 22.7 Å². The van der Waals surface area contributed by atoms with Crippen LogP contribution in [0.5, 0.6) is 0 Å². The van der Waals surface area contributed by atoms with Gasteiger partial charge in [-0.3, -0.25) is 4.90 Å². The molecule has 0 bridgehead atoms. The van der Waals surface area contributed by atoms with Gasteiger partial charge in [-0.1, -0.05) is 13.3 Å². The lowest BCUT2D eigenvalue weighted by atomic mass is 9.88. The highest BCUT2D eigenvalue weighted by atomic mass is 15.2. The summed E-state index contributed by atoms with van der Waals surface area (Å²) >= 11 is 0. The predicted octanol–water partition coefficient (Wildman–Crippen LogP) is 2.77. The van der Waals surface area contributed by atoms with Gasteiger partial charge in [-0.2, -0.15) is 5.26 Å². The van der Waals surface area contributed by atoms with Gasteiger partial charge in [0, 0.05) is 12.6 Å². The Morgan fingerprint density at radius 3 is 2.72 bits per heavy atom. The number of nitriles is 1. The minimum atomic E-state index is -0.163. The summed E-state index contributed by atoms with van der Waals surface area (Å²) in [5.74, 6) is 0.826. The van der Waals surface area contributed by atoms with Crippen molar-refractivity contribution >= 4 is 0 Å². The molecule has 0 spiro atoms. The molecule has 3 heteroatoms. The fourth-order valence-corrected chi connectivity index (χ4v) is 2.78. The van der Waals surface area contributed by atoms with Gasteiger partial charge in [0.1, 0.15) is 0 Å². The van der Waals surface area contributed by atoms with E-state index < -0.39 is 0 Å². The second-order valence-corrected chi connectivity index (χ2v) is 6.51. The maximum Gasteiger partial charge on any atom is 0.0683 e. The van der Waals surface area contributed by atoms with E-state index in [4.69, 9.17) is 11.0 Å². The number of rotatable bonds is 6. The van der Waals surface area contributed by atoms with Crippen LogP contribution in [0.25, 0.3) is 0 Å². The molecule has 18 heavy (non-hydrogen) atoms. The van der Waals surface area contributed by atoms with Crippen LogP contribution in [-0.2, 0) is 0 Å². The summed E-state index contributed by atoms with van der Waals surface area (Å²) in [6.45, 7) is 9.51. The van der Waals surface area contributed by atoms with Crippen molar-refractivity contribution in [2.24, 2.45) is 17.1 Å². The van der Waals surface area contributed by atoms with Crippen molar-refractivity contribution in [3.8, 4) is 6.07 Å². The Hall–Kier alpha value is -0.590. The number of unbranched alkanes of at least 4 members (excludes halogenated alkanes) is 1. The lowest BCUT2D eigenvalue weighted by Gasteiger charge is -2.38. The fraction of sp³-hybridized carbons (Fsp3) is 0.933. The monoisotopic (exact) mass is 251 g/mol. The van der Waals surface area contributed by atoms with Crippen molar-refractivity contribution in [3.63, 3.8) is 0 Å². The van der Waals surface area contributed by atoms with Gasteiger partial charge >= 0.3 is 0 Å². The van der Waals surface area contributed by atoms with E-state index in [9.17, 15) is 0 Å². The minimum Gasteiger partial charge on any atom is -0.329 e. The third-order valence-corrected chi connectivity index (χ3v) is 4.17. The van der Waals surface area contributed by atoms with Crippen LogP contribution in [0.4, 0.5) is 0 Å². The first-order valence-corrected chi connectivity index (χ1v) is 7.34. The molecule has 1 saturated heterocycles. The van der Waals surface area contributed by atoms with E-state index in [-0.39, 0.29) is 5.41 Å². The summed E-state index contributed by atoms with van der Waals surface area (Å²) in [6.07, 6.45) is 5.89. The number of piperidine rings is 1. The number of likely N-dealkylation sites (tertiary alicyclic amines) is 1. The molecule has 2 atom stereocenters. The number of hydrogen-bond donors (Lipinski definition) is 1. The molecule has 0 aliphatic carbocycles. The largest absolute Gasteiger partial charge is 0.329 e. The minimum absolute atomic E-state index is 0.163. The number of nitrogens with zero attached hydrogens (tertiary/aromatic N) is 2. The molecule has 104 valence electrons.